The van der Waals surface area contributed by atoms with Crippen LogP contribution in [0.1, 0.15) is 22.3 Å². The molecule has 0 radical (unpaired) electrons. The van der Waals surface area contributed by atoms with Crippen molar-refractivity contribution < 1.29 is 4.79 Å². The molecule has 0 aliphatic rings. The minimum absolute atomic E-state index is 0.234. The molecule has 7 nitrogen and oxygen atoms in total. The molecule has 0 saturated heterocycles. The summed E-state index contributed by atoms with van der Waals surface area (Å²) in [6, 6.07) is 18.9. The second-order valence-electron chi connectivity index (χ2n) is 9.44. The summed E-state index contributed by atoms with van der Waals surface area (Å²) >= 11 is 0. The summed E-state index contributed by atoms with van der Waals surface area (Å²) in [5, 5.41) is 3.71. The SMILES string of the molecule is Cc1ccc(C)c(NC(=O)Cn2c(=O)n(-c3ccccc3C)c(=O)c3c2c2cc(C)ccc2n3C)c1. The standard InChI is InChI=1S/C29H28N4O3/c1-17-11-13-24-21(14-17)26-27(31(24)5)28(35)33(23-9-7-6-8-20(23)4)29(36)32(26)16-25(34)30-22-15-18(2)10-12-19(22)3/h6-15H,16H2,1-5H3,(H,30,34). The number of amides is 1. The van der Waals surface area contributed by atoms with Gasteiger partial charge in [-0.05, 0) is 68.7 Å². The zero-order chi connectivity index (χ0) is 25.7. The molecule has 0 saturated carbocycles. The number of hydrogen-bond acceptors (Lipinski definition) is 3. The number of benzene rings is 3. The molecular formula is C29H28N4O3. The summed E-state index contributed by atoms with van der Waals surface area (Å²) in [6.07, 6.45) is 0. The fourth-order valence-electron chi connectivity index (χ4n) is 4.84. The van der Waals surface area contributed by atoms with Crippen molar-refractivity contribution in [2.24, 2.45) is 7.05 Å². The van der Waals surface area contributed by atoms with Crippen LogP contribution in [0.25, 0.3) is 27.6 Å². The maximum atomic E-state index is 13.9. The van der Waals surface area contributed by atoms with Crippen LogP contribution in [0.4, 0.5) is 5.69 Å². The molecule has 0 atom stereocenters. The van der Waals surface area contributed by atoms with Gasteiger partial charge in [0.2, 0.25) is 5.91 Å². The van der Waals surface area contributed by atoms with Gasteiger partial charge < -0.3 is 9.88 Å². The number of para-hydroxylation sites is 1. The number of nitrogens with zero attached hydrogens (tertiary/aromatic N) is 3. The van der Waals surface area contributed by atoms with Crippen molar-refractivity contribution in [3.63, 3.8) is 0 Å². The minimum Gasteiger partial charge on any atom is -0.338 e. The third-order valence-corrected chi connectivity index (χ3v) is 6.75. The van der Waals surface area contributed by atoms with Gasteiger partial charge in [0.1, 0.15) is 12.1 Å². The highest BCUT2D eigenvalue weighted by molar-refractivity contribution is 6.06. The molecule has 0 fully saturated rings. The molecule has 0 aliphatic heterocycles. The highest BCUT2D eigenvalue weighted by atomic mass is 16.2. The largest absolute Gasteiger partial charge is 0.338 e. The molecule has 3 aromatic carbocycles. The Balaban J connectivity index is 1.79. The topological polar surface area (TPSA) is 78.0 Å². The number of nitrogens with one attached hydrogen (secondary N) is 1. The Hall–Kier alpha value is -4.39. The summed E-state index contributed by atoms with van der Waals surface area (Å²) in [5.41, 5.74) is 5.63. The summed E-state index contributed by atoms with van der Waals surface area (Å²) in [5.74, 6) is -0.341. The number of carbonyl (C=O) groups excluding carboxylic acids is 1. The van der Waals surface area contributed by atoms with Crippen LogP contribution in [-0.4, -0.2) is 19.6 Å². The highest BCUT2D eigenvalue weighted by Crippen LogP contribution is 2.27. The first-order valence-electron chi connectivity index (χ1n) is 11.8. The van der Waals surface area contributed by atoms with Crippen molar-refractivity contribution in [2.75, 3.05) is 5.32 Å². The highest BCUT2D eigenvalue weighted by Gasteiger charge is 2.23. The number of fused-ring (bicyclic) bond motifs is 3. The molecule has 2 heterocycles. The van der Waals surface area contributed by atoms with Crippen LogP contribution in [0.2, 0.25) is 0 Å². The number of hydrogen-bond donors (Lipinski definition) is 1. The van der Waals surface area contributed by atoms with Crippen molar-refractivity contribution in [1.29, 1.82) is 0 Å². The van der Waals surface area contributed by atoms with Crippen LogP contribution >= 0.6 is 0 Å². The van der Waals surface area contributed by atoms with Crippen molar-refractivity contribution in [1.82, 2.24) is 13.7 Å². The van der Waals surface area contributed by atoms with E-state index in [0.717, 1.165) is 33.2 Å². The average molecular weight is 481 g/mol. The lowest BCUT2D eigenvalue weighted by atomic mass is 10.1. The summed E-state index contributed by atoms with van der Waals surface area (Å²) in [7, 11) is 1.81. The number of anilines is 1. The quantitative estimate of drug-likeness (QED) is 0.411. The molecule has 1 N–H and O–H groups in total. The van der Waals surface area contributed by atoms with E-state index in [9.17, 15) is 14.4 Å². The van der Waals surface area contributed by atoms with Crippen LogP contribution in [0.5, 0.6) is 0 Å². The van der Waals surface area contributed by atoms with Crippen molar-refractivity contribution in [2.45, 2.75) is 34.2 Å². The number of aryl methyl sites for hydroxylation is 5. The van der Waals surface area contributed by atoms with Crippen LogP contribution < -0.4 is 16.6 Å². The van der Waals surface area contributed by atoms with Gasteiger partial charge in [-0.3, -0.25) is 14.2 Å². The van der Waals surface area contributed by atoms with E-state index in [1.54, 1.807) is 16.7 Å². The lowest BCUT2D eigenvalue weighted by molar-refractivity contribution is -0.116. The van der Waals surface area contributed by atoms with E-state index in [-0.39, 0.29) is 12.5 Å². The molecular weight excluding hydrogens is 452 g/mol. The van der Waals surface area contributed by atoms with Crippen molar-refractivity contribution in [3.05, 3.63) is 104 Å². The minimum atomic E-state index is -0.549. The molecule has 2 aromatic heterocycles. The van der Waals surface area contributed by atoms with E-state index in [1.807, 2.05) is 83.3 Å². The first kappa shape index (κ1) is 23.4. The second kappa shape index (κ2) is 8.68. The Morgan fingerprint density at radius 3 is 2.28 bits per heavy atom. The number of rotatable bonds is 4. The smallest absolute Gasteiger partial charge is 0.336 e. The van der Waals surface area contributed by atoms with E-state index in [1.165, 1.54) is 9.13 Å². The van der Waals surface area contributed by atoms with E-state index < -0.39 is 11.2 Å². The Kier molecular flexibility index (Phi) is 5.63. The Bertz CT molecular complexity index is 1800. The van der Waals surface area contributed by atoms with Gasteiger partial charge in [0.15, 0.2) is 0 Å². The molecule has 1 amide bonds. The van der Waals surface area contributed by atoms with E-state index in [4.69, 9.17) is 0 Å². The monoisotopic (exact) mass is 480 g/mol. The second-order valence-corrected chi connectivity index (χ2v) is 9.44. The molecule has 0 bridgehead atoms. The molecule has 5 aromatic rings. The van der Waals surface area contributed by atoms with Gasteiger partial charge in [-0.15, -0.1) is 0 Å². The zero-order valence-corrected chi connectivity index (χ0v) is 21.0. The summed E-state index contributed by atoms with van der Waals surface area (Å²) in [6.45, 7) is 7.46. The summed E-state index contributed by atoms with van der Waals surface area (Å²) < 4.78 is 4.40. The van der Waals surface area contributed by atoms with Crippen LogP contribution in [0, 0.1) is 27.7 Å². The first-order chi connectivity index (χ1) is 17.2. The van der Waals surface area contributed by atoms with Crippen LogP contribution in [0.3, 0.4) is 0 Å². The molecule has 36 heavy (non-hydrogen) atoms. The fraction of sp³-hybridized carbons (Fsp3) is 0.207. The molecule has 5 rings (SSSR count). The molecule has 0 unspecified atom stereocenters. The number of carbonyl (C=O) groups is 1. The fourth-order valence-corrected chi connectivity index (χ4v) is 4.84. The average Bonchev–Trinajstić information content (AvgIpc) is 3.12. The zero-order valence-electron chi connectivity index (χ0n) is 21.0. The van der Waals surface area contributed by atoms with Gasteiger partial charge in [0, 0.05) is 18.1 Å². The maximum Gasteiger partial charge on any atom is 0.336 e. The van der Waals surface area contributed by atoms with Gasteiger partial charge in [0.05, 0.1) is 16.7 Å². The van der Waals surface area contributed by atoms with E-state index in [0.29, 0.717) is 22.4 Å². The Morgan fingerprint density at radius 2 is 1.53 bits per heavy atom. The van der Waals surface area contributed by atoms with E-state index >= 15 is 0 Å². The van der Waals surface area contributed by atoms with Crippen molar-refractivity contribution >= 4 is 33.5 Å². The third kappa shape index (κ3) is 3.73. The Labute approximate surface area is 208 Å². The normalized spacial score (nSPS) is 11.4. The van der Waals surface area contributed by atoms with Crippen molar-refractivity contribution in [3.8, 4) is 5.69 Å². The summed E-state index contributed by atoms with van der Waals surface area (Å²) in [4.78, 5) is 41.0. The van der Waals surface area contributed by atoms with Gasteiger partial charge in [-0.1, -0.05) is 42.0 Å². The Morgan fingerprint density at radius 1 is 0.833 bits per heavy atom. The van der Waals surface area contributed by atoms with Gasteiger partial charge in [-0.25, -0.2) is 9.36 Å². The van der Waals surface area contributed by atoms with Gasteiger partial charge in [-0.2, -0.15) is 0 Å². The van der Waals surface area contributed by atoms with Crippen LogP contribution in [-0.2, 0) is 18.4 Å². The van der Waals surface area contributed by atoms with Gasteiger partial charge >= 0.3 is 5.69 Å². The lowest BCUT2D eigenvalue weighted by Crippen LogP contribution is -2.41. The molecule has 7 heteroatoms. The van der Waals surface area contributed by atoms with Gasteiger partial charge in [0.25, 0.3) is 5.56 Å². The van der Waals surface area contributed by atoms with Crippen LogP contribution in [0.15, 0.2) is 70.3 Å². The molecule has 182 valence electrons. The number of aromatic nitrogens is 3. The first-order valence-corrected chi connectivity index (χ1v) is 11.8. The third-order valence-electron chi connectivity index (χ3n) is 6.75. The maximum absolute atomic E-state index is 13.9. The predicted molar refractivity (Wildman–Crippen MR) is 144 cm³/mol. The lowest BCUT2D eigenvalue weighted by Gasteiger charge is -2.15. The molecule has 0 aliphatic carbocycles. The molecule has 0 spiro atoms. The van der Waals surface area contributed by atoms with E-state index in [2.05, 4.69) is 5.32 Å². The predicted octanol–water partition coefficient (Wildman–Crippen LogP) is 4.52.